The van der Waals surface area contributed by atoms with Crippen molar-refractivity contribution in [1.82, 2.24) is 5.32 Å². The highest BCUT2D eigenvalue weighted by atomic mass is 14.9. The molecule has 0 fully saturated rings. The Morgan fingerprint density at radius 3 is 2.62 bits per heavy atom. The van der Waals surface area contributed by atoms with E-state index in [9.17, 15) is 0 Å². The van der Waals surface area contributed by atoms with Gasteiger partial charge in [0.05, 0.1) is 0 Å². The van der Waals surface area contributed by atoms with Gasteiger partial charge in [0.15, 0.2) is 0 Å². The Hall–Kier alpha value is -0.820. The van der Waals surface area contributed by atoms with Crippen molar-refractivity contribution in [1.29, 1.82) is 0 Å². The van der Waals surface area contributed by atoms with Crippen LogP contribution in [0.3, 0.4) is 0 Å². The first-order valence-corrected chi connectivity index (χ1v) is 9.04. The van der Waals surface area contributed by atoms with Gasteiger partial charge in [-0.3, -0.25) is 0 Å². The van der Waals surface area contributed by atoms with Crippen LogP contribution < -0.4 is 5.32 Å². The molecule has 21 heavy (non-hydrogen) atoms. The molecule has 1 nitrogen and oxygen atoms in total. The molecule has 118 valence electrons. The smallest absolute Gasteiger partial charge is 0.00832 e. The molecule has 0 aromatic heterocycles. The summed E-state index contributed by atoms with van der Waals surface area (Å²) in [6.07, 6.45) is 9.19. The lowest BCUT2D eigenvalue weighted by molar-refractivity contribution is 0.256. The summed E-state index contributed by atoms with van der Waals surface area (Å²) in [5.74, 6) is 0.861. The fourth-order valence-electron chi connectivity index (χ4n) is 4.11. The molecule has 0 saturated carbocycles. The Labute approximate surface area is 131 Å². The summed E-state index contributed by atoms with van der Waals surface area (Å²) in [4.78, 5) is 0. The van der Waals surface area contributed by atoms with Gasteiger partial charge in [0, 0.05) is 12.0 Å². The summed E-state index contributed by atoms with van der Waals surface area (Å²) in [5.41, 5.74) is 3.63. The summed E-state index contributed by atoms with van der Waals surface area (Å²) in [7, 11) is 0. The summed E-state index contributed by atoms with van der Waals surface area (Å²) in [5, 5.41) is 3.74. The van der Waals surface area contributed by atoms with Crippen LogP contribution >= 0.6 is 0 Å². The fraction of sp³-hybridized carbons (Fsp3) is 0.700. The van der Waals surface area contributed by atoms with E-state index >= 15 is 0 Å². The van der Waals surface area contributed by atoms with Crippen LogP contribution in [0.15, 0.2) is 24.3 Å². The predicted molar refractivity (Wildman–Crippen MR) is 92.9 cm³/mol. The molecule has 0 aliphatic heterocycles. The first kappa shape index (κ1) is 16.5. The number of benzene rings is 1. The van der Waals surface area contributed by atoms with Gasteiger partial charge in [0.1, 0.15) is 0 Å². The minimum absolute atomic E-state index is 0.376. The highest BCUT2D eigenvalue weighted by Crippen LogP contribution is 2.42. The predicted octanol–water partition coefficient (Wildman–Crippen LogP) is 5.09. The van der Waals surface area contributed by atoms with Crippen LogP contribution in [-0.2, 0) is 11.8 Å². The van der Waals surface area contributed by atoms with Gasteiger partial charge < -0.3 is 5.32 Å². The van der Waals surface area contributed by atoms with Gasteiger partial charge in [-0.1, -0.05) is 57.9 Å². The second-order valence-electron chi connectivity index (χ2n) is 6.85. The zero-order valence-corrected chi connectivity index (χ0v) is 14.3. The third kappa shape index (κ3) is 3.88. The molecule has 0 radical (unpaired) electrons. The van der Waals surface area contributed by atoms with Gasteiger partial charge in [0.2, 0.25) is 0 Å². The van der Waals surface area contributed by atoms with Gasteiger partial charge in [-0.15, -0.1) is 0 Å². The van der Waals surface area contributed by atoms with Crippen LogP contribution in [0.1, 0.15) is 70.4 Å². The SMILES string of the molecule is CCCNCC1(CC(CC)CC)CCCc2ccccc21. The lowest BCUT2D eigenvalue weighted by atomic mass is 9.65. The molecule has 1 aromatic carbocycles. The third-order valence-electron chi connectivity index (χ3n) is 5.41. The van der Waals surface area contributed by atoms with Crippen LogP contribution in [0.5, 0.6) is 0 Å². The molecular weight excluding hydrogens is 254 g/mol. The highest BCUT2D eigenvalue weighted by molar-refractivity contribution is 5.37. The number of hydrogen-bond donors (Lipinski definition) is 1. The molecule has 1 heteroatoms. The molecule has 0 amide bonds. The van der Waals surface area contributed by atoms with Gasteiger partial charge in [-0.2, -0.15) is 0 Å². The van der Waals surface area contributed by atoms with E-state index in [0.29, 0.717) is 5.41 Å². The molecule has 0 bridgehead atoms. The molecule has 1 N–H and O–H groups in total. The van der Waals surface area contributed by atoms with Crippen molar-refractivity contribution in [3.63, 3.8) is 0 Å². The van der Waals surface area contributed by atoms with Crippen molar-refractivity contribution in [3.8, 4) is 0 Å². The van der Waals surface area contributed by atoms with Crippen molar-refractivity contribution in [3.05, 3.63) is 35.4 Å². The third-order valence-corrected chi connectivity index (χ3v) is 5.41. The topological polar surface area (TPSA) is 12.0 Å². The monoisotopic (exact) mass is 287 g/mol. The molecule has 1 aliphatic rings. The van der Waals surface area contributed by atoms with E-state index in [0.717, 1.165) is 19.0 Å². The summed E-state index contributed by atoms with van der Waals surface area (Å²) in [6.45, 7) is 9.28. The molecule has 1 aromatic rings. The van der Waals surface area contributed by atoms with Gasteiger partial charge in [-0.05, 0) is 55.7 Å². The van der Waals surface area contributed by atoms with Crippen molar-refractivity contribution in [2.24, 2.45) is 5.92 Å². The zero-order chi connectivity index (χ0) is 15.1. The van der Waals surface area contributed by atoms with Crippen molar-refractivity contribution in [2.75, 3.05) is 13.1 Å². The summed E-state index contributed by atoms with van der Waals surface area (Å²) < 4.78 is 0. The molecule has 1 unspecified atom stereocenters. The average molecular weight is 287 g/mol. The van der Waals surface area contributed by atoms with Gasteiger partial charge >= 0.3 is 0 Å². The lowest BCUT2D eigenvalue weighted by Gasteiger charge is -2.42. The van der Waals surface area contributed by atoms with E-state index in [1.807, 2.05) is 0 Å². The second-order valence-corrected chi connectivity index (χ2v) is 6.85. The maximum Gasteiger partial charge on any atom is 0.00832 e. The van der Waals surface area contributed by atoms with Gasteiger partial charge in [-0.25, -0.2) is 0 Å². The van der Waals surface area contributed by atoms with Crippen molar-refractivity contribution >= 4 is 0 Å². The largest absolute Gasteiger partial charge is 0.316 e. The van der Waals surface area contributed by atoms with E-state index in [4.69, 9.17) is 0 Å². The average Bonchev–Trinajstić information content (AvgIpc) is 2.53. The molecule has 0 heterocycles. The zero-order valence-electron chi connectivity index (χ0n) is 14.3. The highest BCUT2D eigenvalue weighted by Gasteiger charge is 2.37. The molecule has 1 aliphatic carbocycles. The fourth-order valence-corrected chi connectivity index (χ4v) is 4.11. The van der Waals surface area contributed by atoms with Crippen LogP contribution in [0, 0.1) is 5.92 Å². The maximum atomic E-state index is 3.74. The van der Waals surface area contributed by atoms with Gasteiger partial charge in [0.25, 0.3) is 0 Å². The Kier molecular flexibility index (Phi) is 6.29. The van der Waals surface area contributed by atoms with Crippen LogP contribution in [-0.4, -0.2) is 13.1 Å². The quantitative estimate of drug-likeness (QED) is 0.657. The Balaban J connectivity index is 2.27. The second kappa shape index (κ2) is 7.98. The number of rotatable bonds is 8. The van der Waals surface area contributed by atoms with E-state index in [2.05, 4.69) is 50.4 Å². The molecule has 0 spiro atoms. The van der Waals surface area contributed by atoms with Crippen molar-refractivity contribution in [2.45, 2.75) is 71.1 Å². The van der Waals surface area contributed by atoms with E-state index in [1.165, 1.54) is 44.9 Å². The first-order valence-electron chi connectivity index (χ1n) is 9.04. The number of nitrogens with one attached hydrogen (secondary N) is 1. The Bertz CT molecular complexity index is 422. The minimum atomic E-state index is 0.376. The number of hydrogen-bond acceptors (Lipinski definition) is 1. The number of aryl methyl sites for hydroxylation is 1. The molecule has 2 rings (SSSR count). The first-order chi connectivity index (χ1) is 10.3. The van der Waals surface area contributed by atoms with E-state index in [-0.39, 0.29) is 0 Å². The Morgan fingerprint density at radius 2 is 1.90 bits per heavy atom. The molecule has 0 saturated heterocycles. The number of fused-ring (bicyclic) bond motifs is 1. The summed E-state index contributed by atoms with van der Waals surface area (Å²) in [6, 6.07) is 9.22. The van der Waals surface area contributed by atoms with E-state index < -0.39 is 0 Å². The molecule has 1 atom stereocenters. The van der Waals surface area contributed by atoms with Crippen molar-refractivity contribution < 1.29 is 0 Å². The maximum absolute atomic E-state index is 3.74. The van der Waals surface area contributed by atoms with E-state index in [1.54, 1.807) is 11.1 Å². The standard InChI is InChI=1S/C20H33N/c1-4-14-21-16-20(15-17(5-2)6-3)13-9-11-18-10-7-8-12-19(18)20/h7-8,10,12,17,21H,4-6,9,11,13-16H2,1-3H3. The lowest BCUT2D eigenvalue weighted by Crippen LogP contribution is -2.42. The minimum Gasteiger partial charge on any atom is -0.316 e. The van der Waals surface area contributed by atoms with Crippen LogP contribution in [0.25, 0.3) is 0 Å². The normalized spacial score (nSPS) is 21.5. The summed E-state index contributed by atoms with van der Waals surface area (Å²) >= 11 is 0. The Morgan fingerprint density at radius 1 is 1.14 bits per heavy atom. The molecular formula is C20H33N. The van der Waals surface area contributed by atoms with Crippen LogP contribution in [0.4, 0.5) is 0 Å². The van der Waals surface area contributed by atoms with Crippen LogP contribution in [0.2, 0.25) is 0 Å².